The number of rotatable bonds is 26. The van der Waals surface area contributed by atoms with Gasteiger partial charge in [0.1, 0.15) is 35.9 Å². The first-order valence-electron chi connectivity index (χ1n) is 22.1. The SMILES string of the molecule is CCC(C)C(NC(=O)C(CC(C)C)(NC(=O)c1cnccn1)NS(=O)(=O)c1nnc(NC(=O)c2cccc(OC)c2)s1)C(=O)NC(CC1CCCCC1)C(=O)NC(CC(F)F)C(=O)C(=O)NCC=O. The lowest BCUT2D eigenvalue weighted by molar-refractivity contribution is -0.141. The third kappa shape index (κ3) is 16.1. The molecule has 26 heteroatoms. The van der Waals surface area contributed by atoms with Gasteiger partial charge in [0.25, 0.3) is 33.7 Å². The van der Waals surface area contributed by atoms with E-state index < -0.39 is 117 Å². The zero-order valence-corrected chi connectivity index (χ0v) is 40.2. The summed E-state index contributed by atoms with van der Waals surface area (Å²) in [6.07, 6.45) is 2.89. The molecule has 69 heavy (non-hydrogen) atoms. The molecule has 1 aliphatic carbocycles. The largest absolute Gasteiger partial charge is 0.497 e. The number of hydrogen-bond acceptors (Lipinski definition) is 16. The maximum absolute atomic E-state index is 15.0. The third-order valence-electron chi connectivity index (χ3n) is 11.0. The van der Waals surface area contributed by atoms with E-state index in [1.807, 2.05) is 5.32 Å². The number of methoxy groups -OCH3 is 1. The van der Waals surface area contributed by atoms with Crippen LogP contribution in [0.15, 0.2) is 47.2 Å². The summed E-state index contributed by atoms with van der Waals surface area (Å²) in [5.41, 5.74) is -2.81. The molecule has 7 N–H and O–H groups in total. The highest BCUT2D eigenvalue weighted by atomic mass is 32.2. The molecule has 5 atom stereocenters. The summed E-state index contributed by atoms with van der Waals surface area (Å²) in [7, 11) is -3.55. The average molecular weight is 1010 g/mol. The van der Waals surface area contributed by atoms with Gasteiger partial charge in [-0.25, -0.2) is 22.2 Å². The number of hydrogen-bond donors (Lipinski definition) is 7. The van der Waals surface area contributed by atoms with Crippen molar-refractivity contribution in [2.24, 2.45) is 17.8 Å². The second kappa shape index (κ2) is 25.8. The van der Waals surface area contributed by atoms with Crippen molar-refractivity contribution in [1.82, 2.24) is 51.5 Å². The van der Waals surface area contributed by atoms with Gasteiger partial charge in [-0.3, -0.25) is 43.9 Å². The summed E-state index contributed by atoms with van der Waals surface area (Å²) in [5, 5.41) is 21.5. The van der Waals surface area contributed by atoms with Gasteiger partial charge in [-0.05, 0) is 48.8 Å². The van der Waals surface area contributed by atoms with Crippen LogP contribution in [0.25, 0.3) is 0 Å². The molecule has 22 nitrogen and oxygen atoms in total. The zero-order chi connectivity index (χ0) is 50.9. The quantitative estimate of drug-likeness (QED) is 0.0262. The minimum atomic E-state index is -4.96. The minimum absolute atomic E-state index is 0.0270. The number of ketones is 1. The van der Waals surface area contributed by atoms with Gasteiger partial charge in [-0.15, -0.1) is 10.2 Å². The molecule has 0 bridgehead atoms. The molecule has 1 aromatic carbocycles. The van der Waals surface area contributed by atoms with E-state index in [1.165, 1.54) is 31.6 Å². The van der Waals surface area contributed by atoms with E-state index in [4.69, 9.17) is 4.74 Å². The van der Waals surface area contributed by atoms with Crippen LogP contribution in [0, 0.1) is 17.8 Å². The normalized spacial score (nSPS) is 15.6. The topological polar surface area (TPSA) is 316 Å². The van der Waals surface area contributed by atoms with Crippen molar-refractivity contribution in [3.05, 3.63) is 54.1 Å². The van der Waals surface area contributed by atoms with E-state index in [2.05, 4.69) is 51.5 Å². The van der Waals surface area contributed by atoms with Crippen LogP contribution in [0.3, 0.4) is 0 Å². The lowest BCUT2D eigenvalue weighted by Gasteiger charge is -2.37. The molecule has 1 aliphatic rings. The summed E-state index contributed by atoms with van der Waals surface area (Å²) >= 11 is 0.421. The molecule has 5 unspecified atom stereocenters. The Morgan fingerprint density at radius 1 is 0.942 bits per heavy atom. The molecule has 1 fully saturated rings. The first kappa shape index (κ1) is 55.2. The molecule has 2 heterocycles. The molecule has 376 valence electrons. The van der Waals surface area contributed by atoms with E-state index in [0.29, 0.717) is 29.9 Å². The molecular formula is C43H57F2N11O11S2. The van der Waals surface area contributed by atoms with Gasteiger partial charge in [0.05, 0.1) is 19.9 Å². The smallest absolute Gasteiger partial charge is 0.289 e. The standard InChI is InChI=1S/C43H57F2N11O11S2/c1-6-25(4)33(38(62)50-30(19-26-11-8-7-9-12-26)36(60)49-29(21-32(44)45)34(58)39(63)48-17-18-57)51-40(64)43(22-24(2)3,53-37(61)31-23-46-15-16-47-31)56-69(65,66)42-55-54-41(68-42)52-35(59)27-13-10-14-28(20-27)67-5/h10,13-16,18,20,23-26,29-30,32-33,56H,6-9,11-12,17,19,21-22H2,1-5H3,(H,48,63)(H,49,60)(H,50,62)(H,51,64)(H,53,61)(H,52,54,59). The van der Waals surface area contributed by atoms with Crippen LogP contribution in [0.1, 0.15) is 106 Å². The second-order valence-electron chi connectivity index (χ2n) is 16.8. The van der Waals surface area contributed by atoms with Crippen molar-refractivity contribution < 1.29 is 60.3 Å². The highest BCUT2D eigenvalue weighted by Gasteiger charge is 2.47. The molecule has 3 aromatic rings. The number of nitrogens with one attached hydrogen (secondary N) is 7. The summed E-state index contributed by atoms with van der Waals surface area (Å²) in [5.74, 6) is -9.00. The fourth-order valence-electron chi connectivity index (χ4n) is 7.45. The number of alkyl halides is 2. The number of halogens is 2. The highest BCUT2D eigenvalue weighted by molar-refractivity contribution is 7.91. The summed E-state index contributed by atoms with van der Waals surface area (Å²) in [6, 6.07) is 0.973. The Morgan fingerprint density at radius 2 is 1.65 bits per heavy atom. The Labute approximate surface area is 401 Å². The van der Waals surface area contributed by atoms with Crippen molar-refractivity contribution in [3.63, 3.8) is 0 Å². The lowest BCUT2D eigenvalue weighted by atomic mass is 9.84. The number of anilines is 1. The molecule has 4 rings (SSSR count). The Bertz CT molecular complexity index is 2410. The fraction of sp³-hybridized carbons (Fsp3) is 0.535. The predicted molar refractivity (Wildman–Crippen MR) is 244 cm³/mol. The predicted octanol–water partition coefficient (Wildman–Crippen LogP) is 2.05. The summed E-state index contributed by atoms with van der Waals surface area (Å²) < 4.78 is 62.7. The number of carbonyl (C=O) groups is 8. The minimum Gasteiger partial charge on any atom is -0.497 e. The van der Waals surface area contributed by atoms with E-state index in [9.17, 15) is 55.6 Å². The monoisotopic (exact) mass is 1010 g/mol. The van der Waals surface area contributed by atoms with Gasteiger partial charge in [0.2, 0.25) is 33.5 Å². The van der Waals surface area contributed by atoms with Gasteiger partial charge < -0.3 is 36.1 Å². The molecular weight excluding hydrogens is 949 g/mol. The Kier molecular flexibility index (Phi) is 20.6. The van der Waals surface area contributed by atoms with Crippen LogP contribution < -0.4 is 41.4 Å². The van der Waals surface area contributed by atoms with Crippen molar-refractivity contribution >= 4 is 74.0 Å². The molecule has 0 spiro atoms. The van der Waals surface area contributed by atoms with Crippen molar-refractivity contribution in [3.8, 4) is 5.75 Å². The number of ether oxygens (including phenoxy) is 1. The fourth-order valence-corrected chi connectivity index (χ4v) is 9.65. The molecule has 0 saturated heterocycles. The summed E-state index contributed by atoms with van der Waals surface area (Å²) in [4.78, 5) is 114. The first-order chi connectivity index (χ1) is 32.7. The maximum atomic E-state index is 15.0. The first-order valence-corrected chi connectivity index (χ1v) is 24.4. The van der Waals surface area contributed by atoms with E-state index in [-0.39, 0.29) is 41.4 Å². The molecule has 6 amide bonds. The second-order valence-corrected chi connectivity index (χ2v) is 19.6. The van der Waals surface area contributed by atoms with E-state index in [1.54, 1.807) is 39.8 Å². The van der Waals surface area contributed by atoms with Crippen LogP contribution in [0.4, 0.5) is 13.9 Å². The molecule has 2 aromatic heterocycles. The van der Waals surface area contributed by atoms with Crippen LogP contribution in [-0.2, 0) is 38.8 Å². The highest BCUT2D eigenvalue weighted by Crippen LogP contribution is 2.29. The number of Topliss-reactive ketones (excluding diaryl/α,β-unsaturated/α-hetero) is 1. The Balaban J connectivity index is 1.71. The van der Waals surface area contributed by atoms with Gasteiger partial charge in [0.15, 0.2) is 5.66 Å². The maximum Gasteiger partial charge on any atom is 0.289 e. The third-order valence-corrected chi connectivity index (χ3v) is 13.7. The van der Waals surface area contributed by atoms with Crippen LogP contribution in [0.5, 0.6) is 5.75 Å². The number of carbonyl (C=O) groups excluding carboxylic acids is 8. The van der Waals surface area contributed by atoms with E-state index in [0.717, 1.165) is 25.5 Å². The van der Waals surface area contributed by atoms with Crippen LogP contribution >= 0.6 is 11.3 Å². The number of aldehydes is 1. The molecule has 0 radical (unpaired) electrons. The summed E-state index contributed by atoms with van der Waals surface area (Å²) in [6.45, 7) is 5.90. The molecule has 1 saturated carbocycles. The Morgan fingerprint density at radius 3 is 2.28 bits per heavy atom. The average Bonchev–Trinajstić information content (AvgIpc) is 3.81. The van der Waals surface area contributed by atoms with Crippen molar-refractivity contribution in [1.29, 1.82) is 0 Å². The Hall–Kier alpha value is -6.41. The number of aromatic nitrogens is 4. The van der Waals surface area contributed by atoms with E-state index >= 15 is 0 Å². The van der Waals surface area contributed by atoms with Gasteiger partial charge >= 0.3 is 0 Å². The number of amides is 6. The van der Waals surface area contributed by atoms with Crippen LogP contribution in [0.2, 0.25) is 0 Å². The number of benzene rings is 1. The van der Waals surface area contributed by atoms with Crippen LogP contribution in [-0.4, -0.2) is 120 Å². The van der Waals surface area contributed by atoms with Gasteiger partial charge in [-0.2, -0.15) is 4.72 Å². The number of sulfonamides is 1. The van der Waals surface area contributed by atoms with Crippen molar-refractivity contribution in [2.75, 3.05) is 19.0 Å². The van der Waals surface area contributed by atoms with Crippen molar-refractivity contribution in [2.45, 2.75) is 120 Å². The van der Waals surface area contributed by atoms with Gasteiger partial charge in [-0.1, -0.05) is 83.6 Å². The lowest BCUT2D eigenvalue weighted by Crippen LogP contribution is -2.71. The molecule has 0 aliphatic heterocycles. The zero-order valence-electron chi connectivity index (χ0n) is 38.6. The van der Waals surface area contributed by atoms with Gasteiger partial charge in [0, 0.05) is 24.4 Å². The number of nitrogens with zero attached hydrogens (tertiary/aromatic N) is 4.